The third-order valence-electron chi connectivity index (χ3n) is 4.13. The van der Waals surface area contributed by atoms with Crippen molar-refractivity contribution in [1.82, 2.24) is 15.2 Å². The number of amides is 1. The Morgan fingerprint density at radius 3 is 2.83 bits per heavy atom. The van der Waals surface area contributed by atoms with Gasteiger partial charge in [0.15, 0.2) is 5.82 Å². The molecule has 1 amide bonds. The maximum atomic E-state index is 12.2. The van der Waals surface area contributed by atoms with Gasteiger partial charge in [0, 0.05) is 11.8 Å². The van der Waals surface area contributed by atoms with Crippen LogP contribution in [0, 0.1) is 5.92 Å². The van der Waals surface area contributed by atoms with Crippen molar-refractivity contribution in [3.63, 3.8) is 0 Å². The van der Waals surface area contributed by atoms with Gasteiger partial charge in [0.1, 0.15) is 10.8 Å². The summed E-state index contributed by atoms with van der Waals surface area (Å²) in [5.41, 5.74) is 1.13. The molecule has 2 aromatic rings. The number of anilines is 1. The maximum Gasteiger partial charge on any atom is 0.277 e. The second-order valence-electron chi connectivity index (χ2n) is 5.91. The van der Waals surface area contributed by atoms with E-state index in [0.717, 1.165) is 12.1 Å². The van der Waals surface area contributed by atoms with Crippen LogP contribution in [0.4, 0.5) is 5.82 Å². The lowest BCUT2D eigenvalue weighted by Gasteiger charge is -2.20. The van der Waals surface area contributed by atoms with Gasteiger partial charge >= 0.3 is 0 Å². The molecule has 1 saturated carbocycles. The quantitative estimate of drug-likeness (QED) is 0.796. The number of hydrogen-bond donors (Lipinski definition) is 2. The molecule has 0 bridgehead atoms. The van der Waals surface area contributed by atoms with Gasteiger partial charge in [-0.25, -0.2) is 4.98 Å². The number of H-pyrrole nitrogens is 1. The molecule has 23 heavy (non-hydrogen) atoms. The van der Waals surface area contributed by atoms with E-state index in [1.54, 1.807) is 6.07 Å². The summed E-state index contributed by atoms with van der Waals surface area (Å²) in [6.45, 7) is 0. The van der Waals surface area contributed by atoms with Crippen LogP contribution < -0.4 is 5.32 Å². The highest BCUT2D eigenvalue weighted by molar-refractivity contribution is 6.35. The van der Waals surface area contributed by atoms with E-state index in [2.05, 4.69) is 20.5 Å². The SMILES string of the molecule is O=C(Nc1cc(CC2CCCCC2)[nH]n1)c1nc(Cl)ccc1Cl. The van der Waals surface area contributed by atoms with Crippen LogP contribution in [0.5, 0.6) is 0 Å². The largest absolute Gasteiger partial charge is 0.304 e. The van der Waals surface area contributed by atoms with E-state index in [-0.39, 0.29) is 15.9 Å². The zero-order chi connectivity index (χ0) is 16.2. The summed E-state index contributed by atoms with van der Waals surface area (Å²) in [6, 6.07) is 4.95. The molecular weight excluding hydrogens is 335 g/mol. The molecule has 0 aromatic carbocycles. The van der Waals surface area contributed by atoms with Crippen molar-refractivity contribution in [3.8, 4) is 0 Å². The van der Waals surface area contributed by atoms with Crippen LogP contribution in [0.2, 0.25) is 10.2 Å². The third-order valence-corrected chi connectivity index (χ3v) is 4.65. The number of pyridine rings is 1. The van der Waals surface area contributed by atoms with E-state index in [0.29, 0.717) is 11.7 Å². The number of hydrogen-bond acceptors (Lipinski definition) is 3. The number of aromatic amines is 1. The highest BCUT2D eigenvalue weighted by atomic mass is 35.5. The molecule has 0 aliphatic heterocycles. The van der Waals surface area contributed by atoms with Crippen LogP contribution in [-0.2, 0) is 6.42 Å². The van der Waals surface area contributed by atoms with Crippen LogP contribution >= 0.6 is 23.2 Å². The molecule has 1 aliphatic carbocycles. The minimum Gasteiger partial charge on any atom is -0.304 e. The Morgan fingerprint density at radius 1 is 1.26 bits per heavy atom. The first kappa shape index (κ1) is 16.3. The van der Waals surface area contributed by atoms with Gasteiger partial charge in [0.25, 0.3) is 5.91 Å². The first-order valence-electron chi connectivity index (χ1n) is 7.79. The van der Waals surface area contributed by atoms with Gasteiger partial charge in [-0.15, -0.1) is 0 Å². The van der Waals surface area contributed by atoms with Crippen molar-refractivity contribution in [2.75, 3.05) is 5.32 Å². The summed E-state index contributed by atoms with van der Waals surface area (Å²) in [5.74, 6) is 0.753. The number of carbonyl (C=O) groups excluding carboxylic acids is 1. The average Bonchev–Trinajstić information content (AvgIpc) is 2.97. The Kier molecular flexibility index (Phi) is 5.18. The molecule has 2 N–H and O–H groups in total. The highest BCUT2D eigenvalue weighted by Gasteiger charge is 2.17. The molecule has 0 unspecified atom stereocenters. The van der Waals surface area contributed by atoms with Crippen molar-refractivity contribution < 1.29 is 4.79 Å². The second-order valence-corrected chi connectivity index (χ2v) is 6.70. The molecule has 0 spiro atoms. The van der Waals surface area contributed by atoms with Gasteiger partial charge in [-0.05, 0) is 24.5 Å². The van der Waals surface area contributed by atoms with E-state index >= 15 is 0 Å². The summed E-state index contributed by atoms with van der Waals surface area (Å²) in [7, 11) is 0. The van der Waals surface area contributed by atoms with E-state index in [1.807, 2.05) is 6.07 Å². The molecule has 3 rings (SSSR count). The number of rotatable bonds is 4. The lowest BCUT2D eigenvalue weighted by molar-refractivity contribution is 0.102. The van der Waals surface area contributed by atoms with Crippen LogP contribution in [0.25, 0.3) is 0 Å². The maximum absolute atomic E-state index is 12.2. The molecule has 5 nitrogen and oxygen atoms in total. The monoisotopic (exact) mass is 352 g/mol. The molecule has 0 atom stereocenters. The van der Waals surface area contributed by atoms with E-state index in [9.17, 15) is 4.79 Å². The first-order chi connectivity index (χ1) is 11.1. The van der Waals surface area contributed by atoms with Crippen LogP contribution in [-0.4, -0.2) is 21.1 Å². The zero-order valence-electron chi connectivity index (χ0n) is 12.6. The predicted octanol–water partition coefficient (Wildman–Crippen LogP) is 4.49. The minimum atomic E-state index is -0.423. The third kappa shape index (κ3) is 4.24. The number of nitrogens with one attached hydrogen (secondary N) is 2. The highest BCUT2D eigenvalue weighted by Crippen LogP contribution is 2.27. The standard InChI is InChI=1S/C16H18Cl2N4O/c17-12-6-7-13(18)19-15(12)16(23)20-14-9-11(21-22-14)8-10-4-2-1-3-5-10/h6-7,9-10H,1-5,8H2,(H2,20,21,22,23). The average molecular weight is 353 g/mol. The van der Waals surface area contributed by atoms with Gasteiger partial charge in [-0.3, -0.25) is 9.89 Å². The molecule has 2 aromatic heterocycles. The summed E-state index contributed by atoms with van der Waals surface area (Å²) >= 11 is 11.8. The molecule has 1 aliphatic rings. The number of aromatic nitrogens is 3. The van der Waals surface area contributed by atoms with Crippen molar-refractivity contribution >= 4 is 34.9 Å². The summed E-state index contributed by atoms with van der Waals surface area (Å²) in [6.07, 6.45) is 7.46. The van der Waals surface area contributed by atoms with Gasteiger partial charge in [0.05, 0.1) is 5.02 Å². The fourth-order valence-corrected chi connectivity index (χ4v) is 3.32. The topological polar surface area (TPSA) is 70.7 Å². The fourth-order valence-electron chi connectivity index (χ4n) is 2.99. The van der Waals surface area contributed by atoms with Gasteiger partial charge in [0.2, 0.25) is 0 Å². The Balaban J connectivity index is 1.64. The van der Waals surface area contributed by atoms with Gasteiger partial charge in [-0.2, -0.15) is 5.10 Å². The van der Waals surface area contributed by atoms with Crippen molar-refractivity contribution in [3.05, 3.63) is 39.8 Å². The van der Waals surface area contributed by atoms with Crippen LogP contribution in [0.1, 0.15) is 48.3 Å². The number of carbonyl (C=O) groups is 1. The van der Waals surface area contributed by atoms with Crippen LogP contribution in [0.3, 0.4) is 0 Å². The lowest BCUT2D eigenvalue weighted by Crippen LogP contribution is -2.14. The molecule has 7 heteroatoms. The smallest absolute Gasteiger partial charge is 0.277 e. The zero-order valence-corrected chi connectivity index (χ0v) is 14.1. The second kappa shape index (κ2) is 7.32. The Bertz CT molecular complexity index is 695. The Labute approximate surface area is 144 Å². The normalized spacial score (nSPS) is 15.6. The van der Waals surface area contributed by atoms with E-state index in [1.165, 1.54) is 38.2 Å². The van der Waals surface area contributed by atoms with E-state index in [4.69, 9.17) is 23.2 Å². The Morgan fingerprint density at radius 2 is 2.04 bits per heavy atom. The summed E-state index contributed by atoms with van der Waals surface area (Å²) in [5, 5.41) is 10.3. The van der Waals surface area contributed by atoms with Crippen molar-refractivity contribution in [2.24, 2.45) is 5.92 Å². The molecule has 1 fully saturated rings. The summed E-state index contributed by atoms with van der Waals surface area (Å²) in [4.78, 5) is 16.2. The minimum absolute atomic E-state index is 0.0935. The number of halogens is 2. The fraction of sp³-hybridized carbons (Fsp3) is 0.438. The molecular formula is C16H18Cl2N4O. The molecule has 2 heterocycles. The predicted molar refractivity (Wildman–Crippen MR) is 91.1 cm³/mol. The Hall–Kier alpha value is -1.59. The van der Waals surface area contributed by atoms with Gasteiger partial charge < -0.3 is 5.32 Å². The number of nitrogens with zero attached hydrogens (tertiary/aromatic N) is 2. The van der Waals surface area contributed by atoms with Crippen molar-refractivity contribution in [2.45, 2.75) is 38.5 Å². The first-order valence-corrected chi connectivity index (χ1v) is 8.55. The van der Waals surface area contributed by atoms with Crippen LogP contribution in [0.15, 0.2) is 18.2 Å². The molecule has 0 radical (unpaired) electrons. The lowest BCUT2D eigenvalue weighted by atomic mass is 9.86. The molecule has 0 saturated heterocycles. The van der Waals surface area contributed by atoms with E-state index < -0.39 is 5.91 Å². The summed E-state index contributed by atoms with van der Waals surface area (Å²) < 4.78 is 0. The van der Waals surface area contributed by atoms with Gasteiger partial charge in [-0.1, -0.05) is 55.3 Å². The van der Waals surface area contributed by atoms with Crippen molar-refractivity contribution in [1.29, 1.82) is 0 Å². The molecule has 122 valence electrons.